The number of primary sulfonamides is 1. The Morgan fingerprint density at radius 3 is 2.61 bits per heavy atom. The molecule has 0 atom stereocenters. The van der Waals surface area contributed by atoms with E-state index in [1.807, 2.05) is 0 Å². The first-order valence-electron chi connectivity index (χ1n) is 7.46. The number of hydrogen-bond donors (Lipinski definition) is 2. The molecule has 1 aromatic carbocycles. The molecule has 1 amide bonds. The van der Waals surface area contributed by atoms with E-state index in [0.717, 1.165) is 12.1 Å². The summed E-state index contributed by atoms with van der Waals surface area (Å²) in [5, 5.41) is 16.3. The first kappa shape index (κ1) is 21.7. The second-order valence-corrected chi connectivity index (χ2v) is 8.04. The Bertz CT molecular complexity index is 1060. The first-order chi connectivity index (χ1) is 12.9. The van der Waals surface area contributed by atoms with Crippen LogP contribution in [0.3, 0.4) is 0 Å². The molecule has 1 heterocycles. The molecule has 2 rings (SSSR count). The molecule has 148 valence electrons. The number of amides is 1. The van der Waals surface area contributed by atoms with Crippen molar-refractivity contribution in [3.8, 4) is 6.07 Å². The van der Waals surface area contributed by atoms with E-state index in [4.69, 9.17) is 10.4 Å². The smallest absolute Gasteiger partial charge is 0.325 e. The van der Waals surface area contributed by atoms with Gasteiger partial charge in [0.1, 0.15) is 11.1 Å². The molecule has 0 aliphatic heterocycles. The molecule has 0 radical (unpaired) electrons. The van der Waals surface area contributed by atoms with E-state index >= 15 is 0 Å². The summed E-state index contributed by atoms with van der Waals surface area (Å²) in [6, 6.07) is 7.42. The number of carbonyl (C=O) groups excluding carboxylic acids is 1. The van der Waals surface area contributed by atoms with Gasteiger partial charge in [-0.2, -0.15) is 18.4 Å². The minimum absolute atomic E-state index is 0.0510. The summed E-state index contributed by atoms with van der Waals surface area (Å²) < 4.78 is 61.9. The second kappa shape index (κ2) is 8.17. The number of hydrogen-bond acceptors (Lipinski definition) is 6. The van der Waals surface area contributed by atoms with E-state index in [2.05, 4.69) is 10.3 Å². The fourth-order valence-corrected chi connectivity index (χ4v) is 3.57. The average Bonchev–Trinajstić information content (AvgIpc) is 2.58. The molecule has 7 nitrogen and oxygen atoms in total. The Hall–Kier alpha value is -2.62. The Morgan fingerprint density at radius 2 is 2.04 bits per heavy atom. The minimum atomic E-state index is -4.73. The van der Waals surface area contributed by atoms with E-state index in [0.29, 0.717) is 11.8 Å². The van der Waals surface area contributed by atoms with Crippen molar-refractivity contribution >= 4 is 33.4 Å². The predicted octanol–water partition coefficient (Wildman–Crippen LogP) is 2.66. The molecule has 28 heavy (non-hydrogen) atoms. The van der Waals surface area contributed by atoms with Gasteiger partial charge in [-0.3, -0.25) is 4.79 Å². The summed E-state index contributed by atoms with van der Waals surface area (Å²) in [5.41, 5.74) is -1.58. The number of halogens is 3. The fourth-order valence-electron chi connectivity index (χ4n) is 2.16. The fraction of sp³-hybridized carbons (Fsp3) is 0.188. The van der Waals surface area contributed by atoms with Gasteiger partial charge in [0.2, 0.25) is 15.9 Å². The maximum absolute atomic E-state index is 13.1. The summed E-state index contributed by atoms with van der Waals surface area (Å²) in [5.74, 6) is -0.973. The Kier molecular flexibility index (Phi) is 6.33. The van der Waals surface area contributed by atoms with E-state index in [-0.39, 0.29) is 27.1 Å². The van der Waals surface area contributed by atoms with Crippen molar-refractivity contribution in [1.29, 1.82) is 5.26 Å². The third kappa shape index (κ3) is 5.44. The van der Waals surface area contributed by atoms with E-state index in [1.165, 1.54) is 31.2 Å². The molecule has 1 aromatic heterocycles. The van der Waals surface area contributed by atoms with Crippen molar-refractivity contribution in [3.05, 3.63) is 47.2 Å². The molecule has 0 aliphatic rings. The van der Waals surface area contributed by atoms with Gasteiger partial charge in [-0.15, -0.1) is 0 Å². The van der Waals surface area contributed by atoms with Crippen LogP contribution in [0.1, 0.15) is 16.8 Å². The number of pyridine rings is 1. The van der Waals surface area contributed by atoms with Crippen LogP contribution >= 0.6 is 11.8 Å². The lowest BCUT2D eigenvalue weighted by atomic mass is 10.1. The number of sulfonamides is 1. The molecule has 0 unspecified atom stereocenters. The average molecular weight is 430 g/mol. The third-order valence-corrected chi connectivity index (χ3v) is 5.20. The highest BCUT2D eigenvalue weighted by Crippen LogP contribution is 2.35. The zero-order chi connectivity index (χ0) is 21.1. The number of nitrogens with one attached hydrogen (secondary N) is 1. The van der Waals surface area contributed by atoms with Crippen molar-refractivity contribution in [3.63, 3.8) is 0 Å². The minimum Gasteiger partial charge on any atom is -0.325 e. The Morgan fingerprint density at radius 1 is 1.36 bits per heavy atom. The third-order valence-electron chi connectivity index (χ3n) is 3.32. The number of carbonyl (C=O) groups is 1. The van der Waals surface area contributed by atoms with E-state index < -0.39 is 33.2 Å². The van der Waals surface area contributed by atoms with Crippen LogP contribution in [0, 0.1) is 18.3 Å². The highest BCUT2D eigenvalue weighted by molar-refractivity contribution is 8.00. The van der Waals surface area contributed by atoms with Gasteiger partial charge < -0.3 is 5.32 Å². The Balaban J connectivity index is 2.18. The van der Waals surface area contributed by atoms with Gasteiger partial charge in [0.05, 0.1) is 21.8 Å². The topological polar surface area (TPSA) is 126 Å². The van der Waals surface area contributed by atoms with Gasteiger partial charge in [0.15, 0.2) is 0 Å². The van der Waals surface area contributed by atoms with Gasteiger partial charge >= 0.3 is 6.18 Å². The van der Waals surface area contributed by atoms with Gasteiger partial charge in [-0.05, 0) is 31.2 Å². The lowest BCUT2D eigenvalue weighted by Gasteiger charge is -2.13. The van der Waals surface area contributed by atoms with Crippen molar-refractivity contribution < 1.29 is 26.4 Å². The molecule has 0 bridgehead atoms. The maximum Gasteiger partial charge on any atom is 0.417 e. The van der Waals surface area contributed by atoms with Crippen molar-refractivity contribution in [1.82, 2.24) is 4.98 Å². The van der Waals surface area contributed by atoms with E-state index in [9.17, 15) is 26.4 Å². The van der Waals surface area contributed by atoms with Crippen LogP contribution in [0.15, 0.2) is 40.3 Å². The predicted molar refractivity (Wildman–Crippen MR) is 95.9 cm³/mol. The molecule has 0 spiro atoms. The van der Waals surface area contributed by atoms with Crippen molar-refractivity contribution in [2.45, 2.75) is 23.0 Å². The quantitative estimate of drug-likeness (QED) is 0.703. The van der Waals surface area contributed by atoms with Crippen LogP contribution in [0.5, 0.6) is 0 Å². The number of nitrogens with zero attached hydrogens (tertiary/aromatic N) is 2. The van der Waals surface area contributed by atoms with Crippen LogP contribution in [0.2, 0.25) is 0 Å². The number of thioether (sulfide) groups is 1. The standard InChI is InChI=1S/C16H13F3N4O3S2/c1-9-5-13(16(17,18)19)12(7-20)15(22-9)27-8-14(24)23-10-3-2-4-11(6-10)28(21,25)26/h2-6H,8H2,1H3,(H,23,24)(H2,21,25,26). The lowest BCUT2D eigenvalue weighted by Crippen LogP contribution is -2.16. The molecule has 0 aliphatic carbocycles. The van der Waals surface area contributed by atoms with Crippen LogP contribution in [0.4, 0.5) is 18.9 Å². The normalized spacial score (nSPS) is 11.7. The summed E-state index contributed by atoms with van der Waals surface area (Å²) in [6.07, 6.45) is -4.73. The molecule has 0 saturated heterocycles. The number of alkyl halides is 3. The monoisotopic (exact) mass is 430 g/mol. The molecule has 0 fully saturated rings. The largest absolute Gasteiger partial charge is 0.417 e. The zero-order valence-corrected chi connectivity index (χ0v) is 15.9. The van der Waals surface area contributed by atoms with Gasteiger partial charge in [-0.1, -0.05) is 17.8 Å². The van der Waals surface area contributed by atoms with Crippen LogP contribution in [-0.4, -0.2) is 25.1 Å². The molecule has 0 saturated carbocycles. The molecule has 12 heteroatoms. The summed E-state index contributed by atoms with van der Waals surface area (Å²) in [6.45, 7) is 1.35. The number of nitrogens with two attached hydrogens (primary N) is 1. The lowest BCUT2D eigenvalue weighted by molar-refractivity contribution is -0.138. The zero-order valence-electron chi connectivity index (χ0n) is 14.2. The van der Waals surface area contributed by atoms with Crippen LogP contribution in [-0.2, 0) is 21.0 Å². The van der Waals surface area contributed by atoms with Crippen molar-refractivity contribution in [2.24, 2.45) is 5.14 Å². The number of aryl methyl sites for hydroxylation is 1. The van der Waals surface area contributed by atoms with Gasteiger partial charge in [0, 0.05) is 11.4 Å². The van der Waals surface area contributed by atoms with Crippen molar-refractivity contribution in [2.75, 3.05) is 11.1 Å². The number of rotatable bonds is 5. The summed E-state index contributed by atoms with van der Waals surface area (Å²) >= 11 is 0.665. The SMILES string of the molecule is Cc1cc(C(F)(F)F)c(C#N)c(SCC(=O)Nc2cccc(S(N)(=O)=O)c2)n1. The molecule has 2 aromatic rings. The Labute approximate surface area is 162 Å². The van der Waals surface area contributed by atoms with Crippen LogP contribution in [0.25, 0.3) is 0 Å². The maximum atomic E-state index is 13.1. The number of benzene rings is 1. The first-order valence-corrected chi connectivity index (χ1v) is 9.99. The molecular formula is C16H13F3N4O3S2. The highest BCUT2D eigenvalue weighted by atomic mass is 32.2. The molecule has 3 N–H and O–H groups in total. The van der Waals surface area contributed by atoms with E-state index in [1.54, 1.807) is 0 Å². The summed E-state index contributed by atoms with van der Waals surface area (Å²) in [7, 11) is -3.96. The molecular weight excluding hydrogens is 417 g/mol. The van der Waals surface area contributed by atoms with Crippen LogP contribution < -0.4 is 10.5 Å². The van der Waals surface area contributed by atoms with Gasteiger partial charge in [0.25, 0.3) is 0 Å². The highest BCUT2D eigenvalue weighted by Gasteiger charge is 2.35. The number of aromatic nitrogens is 1. The number of nitriles is 1. The second-order valence-electron chi connectivity index (χ2n) is 5.51. The number of anilines is 1. The van der Waals surface area contributed by atoms with Gasteiger partial charge in [-0.25, -0.2) is 18.5 Å². The summed E-state index contributed by atoms with van der Waals surface area (Å²) in [4.78, 5) is 15.8.